The zero-order valence-corrected chi connectivity index (χ0v) is 8.96. The van der Waals surface area contributed by atoms with Crippen LogP contribution in [-0.2, 0) is 0 Å². The molecule has 2 unspecified atom stereocenters. The molecule has 0 spiro atoms. The fourth-order valence-corrected chi connectivity index (χ4v) is 2.62. The molecule has 2 rings (SSSR count). The number of halogens is 2. The third-order valence-corrected chi connectivity index (χ3v) is 3.34. The fraction of sp³-hybridized carbons (Fsp3) is 0.400. The Hall–Kier alpha value is -0.450. The van der Waals surface area contributed by atoms with Crippen LogP contribution in [0.4, 0.5) is 4.39 Å². The van der Waals surface area contributed by atoms with Gasteiger partial charge in [0, 0.05) is 21.5 Å². The van der Waals surface area contributed by atoms with Crippen LogP contribution >= 0.6 is 15.9 Å². The van der Waals surface area contributed by atoms with Crippen molar-refractivity contribution in [2.45, 2.75) is 18.4 Å². The highest BCUT2D eigenvalue weighted by atomic mass is 79.9. The van der Waals surface area contributed by atoms with Crippen LogP contribution in [-0.4, -0.2) is 16.8 Å². The number of fused-ring (bicyclic) bond motifs is 1. The molecule has 76 valence electrons. The Bertz CT molecular complexity index is 367. The average Bonchev–Trinajstić information content (AvgIpc) is 2.50. The maximum Gasteiger partial charge on any atom is 0.127 e. The minimum absolute atomic E-state index is 0.128. The zero-order chi connectivity index (χ0) is 10.3. The maximum atomic E-state index is 13.4. The van der Waals surface area contributed by atoms with Gasteiger partial charge in [-0.25, -0.2) is 4.39 Å². The molecule has 0 radical (unpaired) electrons. The lowest BCUT2D eigenvalue weighted by molar-refractivity contribution is 0.158. The first-order chi connectivity index (χ1) is 6.65. The van der Waals surface area contributed by atoms with E-state index in [2.05, 4.69) is 15.9 Å². The predicted molar refractivity (Wildman–Crippen MR) is 53.5 cm³/mol. The van der Waals surface area contributed by atoms with Gasteiger partial charge >= 0.3 is 0 Å². The van der Waals surface area contributed by atoms with Gasteiger partial charge in [0.05, 0.1) is 12.7 Å². The van der Waals surface area contributed by atoms with E-state index < -0.39 is 6.10 Å². The Morgan fingerprint density at radius 2 is 2.14 bits per heavy atom. The Labute approximate surface area is 89.5 Å². The van der Waals surface area contributed by atoms with Crippen LogP contribution in [0, 0.1) is 5.82 Å². The van der Waals surface area contributed by atoms with Gasteiger partial charge in [0.2, 0.25) is 0 Å². The van der Waals surface area contributed by atoms with Gasteiger partial charge in [-0.05, 0) is 18.6 Å². The topological polar surface area (TPSA) is 40.5 Å². The second-order valence-corrected chi connectivity index (χ2v) is 4.34. The molecular weight excluding hydrogens is 251 g/mol. The molecule has 0 amide bonds. The summed E-state index contributed by atoms with van der Waals surface area (Å²) in [5.74, 6) is -0.628. The van der Waals surface area contributed by atoms with Crippen LogP contribution in [0.25, 0.3) is 0 Å². The van der Waals surface area contributed by atoms with E-state index in [1.807, 2.05) is 0 Å². The lowest BCUT2D eigenvalue weighted by Gasteiger charge is -2.08. The highest BCUT2D eigenvalue weighted by Crippen LogP contribution is 2.44. The molecule has 0 aliphatic heterocycles. The summed E-state index contributed by atoms with van der Waals surface area (Å²) in [6.45, 7) is -0.128. The highest BCUT2D eigenvalue weighted by Gasteiger charge is 2.33. The second kappa shape index (κ2) is 3.61. The number of aliphatic hydroxyl groups is 2. The number of hydrogen-bond acceptors (Lipinski definition) is 2. The van der Waals surface area contributed by atoms with Crippen molar-refractivity contribution < 1.29 is 14.6 Å². The quantitative estimate of drug-likeness (QED) is 0.812. The second-order valence-electron chi connectivity index (χ2n) is 3.49. The van der Waals surface area contributed by atoms with E-state index in [0.717, 1.165) is 0 Å². The molecule has 4 heteroatoms. The number of aliphatic hydroxyl groups excluding tert-OH is 2. The van der Waals surface area contributed by atoms with Crippen molar-refractivity contribution in [1.29, 1.82) is 0 Å². The van der Waals surface area contributed by atoms with E-state index >= 15 is 0 Å². The van der Waals surface area contributed by atoms with Crippen molar-refractivity contribution >= 4 is 15.9 Å². The van der Waals surface area contributed by atoms with E-state index in [9.17, 15) is 9.50 Å². The fourth-order valence-electron chi connectivity index (χ4n) is 2.01. The van der Waals surface area contributed by atoms with Gasteiger partial charge < -0.3 is 10.2 Å². The molecule has 1 aliphatic rings. The summed E-state index contributed by atoms with van der Waals surface area (Å²) in [6.07, 6.45) is -0.280. The van der Waals surface area contributed by atoms with E-state index in [-0.39, 0.29) is 18.3 Å². The molecule has 2 atom stereocenters. The summed E-state index contributed by atoms with van der Waals surface area (Å²) in [5, 5.41) is 18.7. The highest BCUT2D eigenvalue weighted by molar-refractivity contribution is 9.10. The Morgan fingerprint density at radius 1 is 1.43 bits per heavy atom. The minimum atomic E-state index is -0.674. The minimum Gasteiger partial charge on any atom is -0.396 e. The standard InChI is InChI=1S/C10H10BrFO2/c11-6-1-2-7(12)9-5(4-13)3-8(14)10(6)9/h1-2,5,8,13-14H,3-4H2. The van der Waals surface area contributed by atoms with E-state index in [1.54, 1.807) is 6.07 Å². The molecular formula is C10H10BrFO2. The van der Waals surface area contributed by atoms with Crippen molar-refractivity contribution in [3.63, 3.8) is 0 Å². The molecule has 2 N–H and O–H groups in total. The van der Waals surface area contributed by atoms with E-state index in [4.69, 9.17) is 5.11 Å². The normalized spacial score (nSPS) is 25.1. The van der Waals surface area contributed by atoms with Gasteiger partial charge in [0.25, 0.3) is 0 Å². The van der Waals surface area contributed by atoms with Crippen molar-refractivity contribution in [1.82, 2.24) is 0 Å². The van der Waals surface area contributed by atoms with Crippen LogP contribution in [0.15, 0.2) is 16.6 Å². The number of rotatable bonds is 1. The molecule has 14 heavy (non-hydrogen) atoms. The van der Waals surface area contributed by atoms with Crippen molar-refractivity contribution in [3.8, 4) is 0 Å². The molecule has 0 bridgehead atoms. The molecule has 0 heterocycles. The van der Waals surface area contributed by atoms with Gasteiger partial charge in [-0.3, -0.25) is 0 Å². The zero-order valence-electron chi connectivity index (χ0n) is 7.37. The number of hydrogen-bond donors (Lipinski definition) is 2. The SMILES string of the molecule is OCC1CC(O)c2c(Br)ccc(F)c21. The van der Waals surface area contributed by atoms with Crippen molar-refractivity contribution in [3.05, 3.63) is 33.5 Å². The molecule has 1 aromatic carbocycles. The maximum absolute atomic E-state index is 13.4. The van der Waals surface area contributed by atoms with Crippen molar-refractivity contribution in [2.24, 2.45) is 0 Å². The van der Waals surface area contributed by atoms with Crippen LogP contribution < -0.4 is 0 Å². The third kappa shape index (κ3) is 1.38. The number of benzene rings is 1. The monoisotopic (exact) mass is 260 g/mol. The molecule has 0 fully saturated rings. The van der Waals surface area contributed by atoms with Crippen LogP contribution in [0.1, 0.15) is 29.6 Å². The molecule has 2 nitrogen and oxygen atoms in total. The average molecular weight is 261 g/mol. The molecule has 1 aliphatic carbocycles. The Balaban J connectivity index is 2.60. The Kier molecular flexibility index (Phi) is 2.60. The van der Waals surface area contributed by atoms with Crippen LogP contribution in [0.3, 0.4) is 0 Å². The van der Waals surface area contributed by atoms with Gasteiger partial charge in [0.15, 0.2) is 0 Å². The summed E-state index contributed by atoms with van der Waals surface area (Å²) in [6, 6.07) is 2.93. The van der Waals surface area contributed by atoms with Crippen LogP contribution in [0.2, 0.25) is 0 Å². The Morgan fingerprint density at radius 3 is 2.79 bits per heavy atom. The van der Waals surface area contributed by atoms with Gasteiger partial charge in [-0.2, -0.15) is 0 Å². The predicted octanol–water partition coefficient (Wildman–Crippen LogP) is 2.10. The lowest BCUT2D eigenvalue weighted by Crippen LogP contribution is -2.01. The smallest absolute Gasteiger partial charge is 0.127 e. The summed E-state index contributed by atoms with van der Waals surface area (Å²) < 4.78 is 14.1. The molecule has 0 aromatic heterocycles. The summed E-state index contributed by atoms with van der Waals surface area (Å²) in [4.78, 5) is 0. The first-order valence-corrected chi connectivity index (χ1v) is 5.21. The third-order valence-electron chi connectivity index (χ3n) is 2.65. The first kappa shape index (κ1) is 10.1. The summed E-state index contributed by atoms with van der Waals surface area (Å²) in [5.41, 5.74) is 1.04. The largest absolute Gasteiger partial charge is 0.396 e. The van der Waals surface area contributed by atoms with E-state index in [0.29, 0.717) is 22.0 Å². The molecule has 1 aromatic rings. The first-order valence-electron chi connectivity index (χ1n) is 4.42. The lowest BCUT2D eigenvalue weighted by atomic mass is 10.0. The van der Waals surface area contributed by atoms with Gasteiger partial charge in [-0.15, -0.1) is 0 Å². The molecule has 0 saturated carbocycles. The van der Waals surface area contributed by atoms with E-state index in [1.165, 1.54) is 6.07 Å². The van der Waals surface area contributed by atoms with Gasteiger partial charge in [0.1, 0.15) is 5.82 Å². The van der Waals surface area contributed by atoms with Crippen molar-refractivity contribution in [2.75, 3.05) is 6.61 Å². The summed E-state index contributed by atoms with van der Waals surface area (Å²) >= 11 is 3.27. The summed E-state index contributed by atoms with van der Waals surface area (Å²) in [7, 11) is 0. The van der Waals surface area contributed by atoms with Gasteiger partial charge in [-0.1, -0.05) is 15.9 Å². The molecule has 0 saturated heterocycles. The van der Waals surface area contributed by atoms with Crippen LogP contribution in [0.5, 0.6) is 0 Å².